The highest BCUT2D eigenvalue weighted by atomic mass is 32.1. The van der Waals surface area contributed by atoms with Crippen LogP contribution in [0.5, 0.6) is 0 Å². The highest BCUT2D eigenvalue weighted by molar-refractivity contribution is 7.09. The van der Waals surface area contributed by atoms with Crippen LogP contribution in [0, 0.1) is 11.8 Å². The summed E-state index contributed by atoms with van der Waals surface area (Å²) in [6, 6.07) is 4.11. The Morgan fingerprint density at radius 2 is 2.32 bits per heavy atom. The number of aromatic nitrogens is 2. The third-order valence-electron chi connectivity index (χ3n) is 4.68. The fourth-order valence-corrected chi connectivity index (χ4v) is 4.13. The van der Waals surface area contributed by atoms with Gasteiger partial charge in [-0.05, 0) is 36.9 Å². The minimum atomic E-state index is -0.0162. The van der Waals surface area contributed by atoms with Gasteiger partial charge in [-0.15, -0.1) is 11.3 Å². The Bertz CT molecular complexity index is 659. The molecule has 6 heteroatoms. The summed E-state index contributed by atoms with van der Waals surface area (Å²) in [7, 11) is 0. The van der Waals surface area contributed by atoms with E-state index >= 15 is 0 Å². The third-order valence-corrected chi connectivity index (χ3v) is 5.54. The maximum Gasteiger partial charge on any atom is 0.223 e. The van der Waals surface area contributed by atoms with E-state index in [1.165, 1.54) is 5.56 Å². The van der Waals surface area contributed by atoms with Gasteiger partial charge in [0.2, 0.25) is 5.91 Å². The lowest BCUT2D eigenvalue weighted by Crippen LogP contribution is -2.43. The van der Waals surface area contributed by atoms with Gasteiger partial charge in [0.15, 0.2) is 0 Å². The minimum absolute atomic E-state index is 0.00611. The minimum Gasteiger partial charge on any atom is -0.346 e. The summed E-state index contributed by atoms with van der Waals surface area (Å²) in [5, 5.41) is 6.25. The zero-order chi connectivity index (χ0) is 17.6. The molecule has 1 saturated heterocycles. The summed E-state index contributed by atoms with van der Waals surface area (Å²) in [5.74, 6) is 0.474. The number of hydrogen-bond donors (Lipinski definition) is 1. The van der Waals surface area contributed by atoms with Gasteiger partial charge in [-0.2, -0.15) is 0 Å². The first-order chi connectivity index (χ1) is 12.1. The summed E-state index contributed by atoms with van der Waals surface area (Å²) < 4.78 is 0. The number of piperidine rings is 1. The Kier molecular flexibility index (Phi) is 6.15. The highest BCUT2D eigenvalue weighted by Crippen LogP contribution is 2.31. The van der Waals surface area contributed by atoms with Gasteiger partial charge in [-0.25, -0.2) is 4.98 Å². The Morgan fingerprint density at radius 1 is 1.44 bits per heavy atom. The molecule has 0 aliphatic carbocycles. The van der Waals surface area contributed by atoms with Crippen LogP contribution in [0.1, 0.15) is 43.3 Å². The van der Waals surface area contributed by atoms with E-state index in [0.717, 1.165) is 37.5 Å². The molecule has 1 aliphatic rings. The van der Waals surface area contributed by atoms with E-state index in [-0.39, 0.29) is 17.9 Å². The molecule has 1 amide bonds. The first-order valence-corrected chi connectivity index (χ1v) is 9.82. The number of amides is 1. The fourth-order valence-electron chi connectivity index (χ4n) is 3.35. The van der Waals surface area contributed by atoms with Crippen LogP contribution in [-0.2, 0) is 11.3 Å². The van der Waals surface area contributed by atoms with E-state index in [0.29, 0.717) is 5.92 Å². The van der Waals surface area contributed by atoms with Crippen LogP contribution in [0.25, 0.3) is 0 Å². The summed E-state index contributed by atoms with van der Waals surface area (Å²) in [6.07, 6.45) is 7.83. The van der Waals surface area contributed by atoms with Gasteiger partial charge in [-0.3, -0.25) is 14.7 Å². The second-order valence-electron chi connectivity index (χ2n) is 7.01. The number of likely N-dealkylation sites (tertiary alicyclic amines) is 1. The SMILES string of the molecule is CC(C)C(=O)N[C@@H](c1nccs1)[C@@H]1CCCN(Cc2cccnc2)C1. The van der Waals surface area contributed by atoms with Crippen molar-refractivity contribution in [1.29, 1.82) is 0 Å². The molecule has 3 rings (SSSR count). The van der Waals surface area contributed by atoms with Crippen molar-refractivity contribution >= 4 is 17.2 Å². The number of hydrogen-bond acceptors (Lipinski definition) is 5. The normalized spacial score (nSPS) is 19.7. The summed E-state index contributed by atoms with van der Waals surface area (Å²) in [6.45, 7) is 6.84. The van der Waals surface area contributed by atoms with Gasteiger partial charge < -0.3 is 5.32 Å². The van der Waals surface area contributed by atoms with Gasteiger partial charge in [0.1, 0.15) is 5.01 Å². The number of carbonyl (C=O) groups excluding carboxylic acids is 1. The van der Waals surface area contributed by atoms with Crippen molar-refractivity contribution in [2.75, 3.05) is 13.1 Å². The van der Waals surface area contributed by atoms with Crippen LogP contribution < -0.4 is 5.32 Å². The Hall–Kier alpha value is -1.79. The number of nitrogens with zero attached hydrogens (tertiary/aromatic N) is 3. The molecule has 0 bridgehead atoms. The maximum absolute atomic E-state index is 12.3. The number of thiazole rings is 1. The summed E-state index contributed by atoms with van der Waals surface area (Å²) in [5.41, 5.74) is 1.24. The molecule has 2 atom stereocenters. The number of nitrogens with one attached hydrogen (secondary N) is 1. The standard InChI is InChI=1S/C19H26N4OS/c1-14(2)18(24)22-17(19-21-8-10-25-19)16-6-4-9-23(13-16)12-15-5-3-7-20-11-15/h3,5,7-8,10-11,14,16-17H,4,6,9,12-13H2,1-2H3,(H,22,24)/t16-,17-/m1/s1. The van der Waals surface area contributed by atoms with Gasteiger partial charge in [-0.1, -0.05) is 19.9 Å². The Morgan fingerprint density at radius 3 is 3.00 bits per heavy atom. The molecule has 0 spiro atoms. The van der Waals surface area contributed by atoms with Crippen molar-refractivity contribution in [3.63, 3.8) is 0 Å². The molecule has 1 aliphatic heterocycles. The third kappa shape index (κ3) is 4.86. The zero-order valence-corrected chi connectivity index (χ0v) is 15.7. The van der Waals surface area contributed by atoms with Crippen LogP contribution >= 0.6 is 11.3 Å². The maximum atomic E-state index is 12.3. The van der Waals surface area contributed by atoms with Gasteiger partial charge in [0.25, 0.3) is 0 Å². The van der Waals surface area contributed by atoms with Crippen molar-refractivity contribution in [3.05, 3.63) is 46.7 Å². The van der Waals surface area contributed by atoms with E-state index in [1.807, 2.05) is 43.9 Å². The van der Waals surface area contributed by atoms with Crippen molar-refractivity contribution < 1.29 is 4.79 Å². The van der Waals surface area contributed by atoms with Crippen LogP contribution in [0.3, 0.4) is 0 Å². The fraction of sp³-hybridized carbons (Fsp3) is 0.526. The van der Waals surface area contributed by atoms with Crippen molar-refractivity contribution in [1.82, 2.24) is 20.2 Å². The van der Waals surface area contributed by atoms with Crippen molar-refractivity contribution in [3.8, 4) is 0 Å². The largest absolute Gasteiger partial charge is 0.346 e. The molecular weight excluding hydrogens is 332 g/mol. The molecule has 134 valence electrons. The number of rotatable bonds is 6. The van der Waals surface area contributed by atoms with Crippen LogP contribution in [0.15, 0.2) is 36.1 Å². The molecule has 25 heavy (non-hydrogen) atoms. The molecule has 1 N–H and O–H groups in total. The average molecular weight is 359 g/mol. The smallest absolute Gasteiger partial charge is 0.223 e. The van der Waals surface area contributed by atoms with E-state index in [2.05, 4.69) is 26.3 Å². The van der Waals surface area contributed by atoms with E-state index in [9.17, 15) is 4.79 Å². The molecule has 3 heterocycles. The molecule has 2 aromatic heterocycles. The molecule has 0 saturated carbocycles. The van der Waals surface area contributed by atoms with Gasteiger partial charge in [0, 0.05) is 43.0 Å². The number of carbonyl (C=O) groups is 1. The predicted octanol–water partition coefficient (Wildman–Crippen LogP) is 3.26. The molecule has 1 fully saturated rings. The summed E-state index contributed by atoms with van der Waals surface area (Å²) >= 11 is 1.63. The Labute approximate surface area is 153 Å². The lowest BCUT2D eigenvalue weighted by Gasteiger charge is -2.36. The van der Waals surface area contributed by atoms with Crippen LogP contribution in [-0.4, -0.2) is 33.9 Å². The van der Waals surface area contributed by atoms with Crippen molar-refractivity contribution in [2.45, 2.75) is 39.3 Å². The monoisotopic (exact) mass is 358 g/mol. The molecule has 2 aromatic rings. The second-order valence-corrected chi connectivity index (χ2v) is 7.94. The van der Waals surface area contributed by atoms with E-state index in [1.54, 1.807) is 11.3 Å². The zero-order valence-electron chi connectivity index (χ0n) is 14.9. The Balaban J connectivity index is 1.70. The van der Waals surface area contributed by atoms with E-state index < -0.39 is 0 Å². The van der Waals surface area contributed by atoms with Crippen molar-refractivity contribution in [2.24, 2.45) is 11.8 Å². The van der Waals surface area contributed by atoms with Crippen LogP contribution in [0.4, 0.5) is 0 Å². The van der Waals surface area contributed by atoms with Gasteiger partial charge in [0.05, 0.1) is 6.04 Å². The summed E-state index contributed by atoms with van der Waals surface area (Å²) in [4.78, 5) is 23.5. The number of pyridine rings is 1. The highest BCUT2D eigenvalue weighted by Gasteiger charge is 2.31. The molecular formula is C19H26N4OS. The molecule has 0 aromatic carbocycles. The molecule has 5 nitrogen and oxygen atoms in total. The van der Waals surface area contributed by atoms with Gasteiger partial charge >= 0.3 is 0 Å². The predicted molar refractivity (Wildman–Crippen MR) is 100 cm³/mol. The average Bonchev–Trinajstić information content (AvgIpc) is 3.14. The quantitative estimate of drug-likeness (QED) is 0.861. The van der Waals surface area contributed by atoms with E-state index in [4.69, 9.17) is 0 Å². The second kappa shape index (κ2) is 8.54. The first kappa shape index (κ1) is 18.0. The topological polar surface area (TPSA) is 58.1 Å². The molecule has 0 unspecified atom stereocenters. The lowest BCUT2D eigenvalue weighted by atomic mass is 9.90. The van der Waals surface area contributed by atoms with Crippen LogP contribution in [0.2, 0.25) is 0 Å². The lowest BCUT2D eigenvalue weighted by molar-refractivity contribution is -0.125. The molecule has 0 radical (unpaired) electrons. The first-order valence-electron chi connectivity index (χ1n) is 8.94.